The number of rotatable bonds is 28. The molecule has 0 spiro atoms. The summed E-state index contributed by atoms with van der Waals surface area (Å²) in [5, 5.41) is 0. The zero-order chi connectivity index (χ0) is 41.5. The summed E-state index contributed by atoms with van der Waals surface area (Å²) in [6.07, 6.45) is 28.1. The van der Waals surface area contributed by atoms with E-state index in [1.54, 1.807) is 24.8 Å². The molecule has 0 unspecified atom stereocenters. The van der Waals surface area contributed by atoms with E-state index in [2.05, 4.69) is 75.8 Å². The molecular weight excluding hydrogens is 902 g/mol. The Morgan fingerprint density at radius 3 is 0.836 bits per heavy atom. The second kappa shape index (κ2) is 36.9. The van der Waals surface area contributed by atoms with E-state index in [1.165, 1.54) is 0 Å². The average Bonchev–Trinajstić information content (AvgIpc) is 3.25. The summed E-state index contributed by atoms with van der Waals surface area (Å²) < 4.78 is 36.6. The fraction of sp³-hybridized carbons (Fsp3) is 0.480. The number of aromatic nitrogens is 2. The molecule has 342 valence electrons. The molecule has 0 N–H and O–H groups in total. The van der Waals surface area contributed by atoms with Gasteiger partial charge < -0.3 is 53.2 Å². The summed E-state index contributed by atoms with van der Waals surface area (Å²) in [6, 6.07) is 16.1. The molecule has 2 aromatic heterocycles. The number of hydrogen-bond acceptors (Lipinski definition) is 8. The minimum absolute atomic E-state index is 0. The molecule has 0 saturated carbocycles. The smallest absolute Gasteiger partial charge is 0.203 e. The van der Waals surface area contributed by atoms with Crippen LogP contribution in [0.1, 0.15) is 141 Å². The van der Waals surface area contributed by atoms with Crippen molar-refractivity contribution in [3.05, 3.63) is 95.6 Å². The molecule has 0 amide bonds. The fourth-order valence-corrected chi connectivity index (χ4v) is 5.38. The molecule has 61 heavy (non-hydrogen) atoms. The van der Waals surface area contributed by atoms with Crippen LogP contribution in [0.5, 0.6) is 34.5 Å². The minimum atomic E-state index is 0. The first-order valence-corrected chi connectivity index (χ1v) is 21.9. The van der Waals surface area contributed by atoms with E-state index in [4.69, 9.17) is 28.4 Å². The van der Waals surface area contributed by atoms with Crippen LogP contribution in [0.4, 0.5) is 0 Å². The molecule has 0 aliphatic rings. The van der Waals surface area contributed by atoms with Gasteiger partial charge >= 0.3 is 0 Å². The van der Waals surface area contributed by atoms with Crippen molar-refractivity contribution < 1.29 is 73.7 Å². The van der Waals surface area contributed by atoms with Crippen molar-refractivity contribution >= 4 is 24.3 Å². The van der Waals surface area contributed by atoms with Crippen molar-refractivity contribution in [2.45, 2.75) is 119 Å². The Hall–Kier alpha value is -3.74. The Kier molecular flexibility index (Phi) is 34.6. The maximum Gasteiger partial charge on any atom is 0.203 e. The summed E-state index contributed by atoms with van der Waals surface area (Å²) in [5.74, 6) is 4.50. The quantitative estimate of drug-likeness (QED) is 0.0426. The van der Waals surface area contributed by atoms with E-state index < -0.39 is 0 Å². The molecule has 0 aliphatic heterocycles. The van der Waals surface area contributed by atoms with Crippen molar-refractivity contribution in [2.75, 3.05) is 39.6 Å². The predicted molar refractivity (Wildman–Crippen MR) is 242 cm³/mol. The van der Waals surface area contributed by atoms with Crippen molar-refractivity contribution in [1.29, 1.82) is 0 Å². The third kappa shape index (κ3) is 23.3. The topological polar surface area (TPSA) is 81.2 Å². The van der Waals surface area contributed by atoms with Gasteiger partial charge in [0.05, 0.1) is 39.6 Å². The van der Waals surface area contributed by atoms with Crippen LogP contribution in [0, 0.1) is 0 Å². The van der Waals surface area contributed by atoms with Crippen LogP contribution in [0.25, 0.3) is 24.3 Å². The van der Waals surface area contributed by atoms with Crippen molar-refractivity contribution in [1.82, 2.24) is 9.97 Å². The SMILES string of the molecule is CCCCOc1cc(/C=C/c2ccncc2)cc(OCCCC)c1OCCCC.CCCCOc1cc(/C=C/c2ccncc2)cc(OCCCC)c1OCCCC.[Cl-].[Cl-].[Pd]. The van der Waals surface area contributed by atoms with Crippen LogP contribution in [0.3, 0.4) is 0 Å². The predicted octanol–water partition coefficient (Wildman–Crippen LogP) is 7.58. The first-order valence-electron chi connectivity index (χ1n) is 21.9. The average molecular weight is 972 g/mol. The molecule has 2 aromatic carbocycles. The van der Waals surface area contributed by atoms with Gasteiger partial charge in [0.15, 0.2) is 23.0 Å². The van der Waals surface area contributed by atoms with Gasteiger partial charge in [0.1, 0.15) is 0 Å². The standard InChI is InChI=1S/2C25H35NO3.2ClH.Pd/c2*1-4-7-16-27-23-19-22(11-10-21-12-14-26-15-13-21)20-24(28-17-8-5-2)25(23)29-18-9-6-3;;;/h2*10-15,19-20H,4-9,16-18H2,1-3H3;2*1H;/p-2/b2*11-10+;;;. The molecule has 8 nitrogen and oxygen atoms in total. The Labute approximate surface area is 394 Å². The van der Waals surface area contributed by atoms with Crippen LogP contribution >= 0.6 is 0 Å². The molecule has 11 heteroatoms. The van der Waals surface area contributed by atoms with Gasteiger partial charge in [-0.05, 0) is 109 Å². The summed E-state index contributed by atoms with van der Waals surface area (Å²) in [6.45, 7) is 17.0. The minimum Gasteiger partial charge on any atom is -1.00 e. The number of unbranched alkanes of at least 4 members (excludes halogenated alkanes) is 6. The molecule has 0 atom stereocenters. The third-order valence-corrected chi connectivity index (χ3v) is 8.95. The molecule has 0 radical (unpaired) electrons. The number of hydrogen-bond donors (Lipinski definition) is 0. The summed E-state index contributed by atoms with van der Waals surface area (Å²) in [5.41, 5.74) is 4.26. The van der Waals surface area contributed by atoms with Gasteiger partial charge in [0.25, 0.3) is 0 Å². The monoisotopic (exact) mass is 970 g/mol. The van der Waals surface area contributed by atoms with Crippen LogP contribution in [0.15, 0.2) is 73.3 Å². The fourth-order valence-electron chi connectivity index (χ4n) is 5.38. The molecule has 0 saturated heterocycles. The second-order valence-electron chi connectivity index (χ2n) is 14.1. The van der Waals surface area contributed by atoms with Crippen molar-refractivity contribution in [3.8, 4) is 34.5 Å². The summed E-state index contributed by atoms with van der Waals surface area (Å²) >= 11 is 0. The van der Waals surface area contributed by atoms with Gasteiger partial charge in [-0.1, -0.05) is 104 Å². The molecule has 0 aliphatic carbocycles. The molecule has 0 fully saturated rings. The Morgan fingerprint density at radius 1 is 0.361 bits per heavy atom. The van der Waals surface area contributed by atoms with E-state index in [9.17, 15) is 0 Å². The number of halogens is 2. The van der Waals surface area contributed by atoms with E-state index in [1.807, 2.05) is 48.5 Å². The molecule has 2 heterocycles. The van der Waals surface area contributed by atoms with Gasteiger partial charge in [0.2, 0.25) is 11.5 Å². The van der Waals surface area contributed by atoms with Crippen molar-refractivity contribution in [2.24, 2.45) is 0 Å². The van der Waals surface area contributed by atoms with Crippen molar-refractivity contribution in [3.63, 3.8) is 0 Å². The third-order valence-electron chi connectivity index (χ3n) is 8.95. The van der Waals surface area contributed by atoms with Gasteiger partial charge in [0, 0.05) is 45.2 Å². The van der Waals surface area contributed by atoms with Gasteiger partial charge in [-0.25, -0.2) is 0 Å². The van der Waals surface area contributed by atoms with Gasteiger partial charge in [-0.15, -0.1) is 0 Å². The second-order valence-corrected chi connectivity index (χ2v) is 14.1. The van der Waals surface area contributed by atoms with Crippen LogP contribution in [-0.4, -0.2) is 49.6 Å². The van der Waals surface area contributed by atoms with E-state index >= 15 is 0 Å². The summed E-state index contributed by atoms with van der Waals surface area (Å²) in [4.78, 5) is 8.14. The molecule has 0 bridgehead atoms. The van der Waals surface area contributed by atoms with Gasteiger partial charge in [-0.2, -0.15) is 0 Å². The summed E-state index contributed by atoms with van der Waals surface area (Å²) in [7, 11) is 0. The molecular formula is C50H70Cl2N2O6Pd-2. The normalized spacial score (nSPS) is 10.5. The van der Waals surface area contributed by atoms with E-state index in [-0.39, 0.29) is 45.2 Å². The van der Waals surface area contributed by atoms with Crippen LogP contribution in [0.2, 0.25) is 0 Å². The van der Waals surface area contributed by atoms with E-state index in [0.29, 0.717) is 39.6 Å². The van der Waals surface area contributed by atoms with Gasteiger partial charge in [-0.3, -0.25) is 9.97 Å². The maximum atomic E-state index is 6.11. The Morgan fingerprint density at radius 2 is 0.590 bits per heavy atom. The molecule has 4 rings (SSSR count). The first-order chi connectivity index (χ1) is 28.6. The number of ether oxygens (including phenoxy) is 6. The zero-order valence-electron chi connectivity index (χ0n) is 37.4. The number of benzene rings is 2. The largest absolute Gasteiger partial charge is 1.00 e. The number of nitrogens with zero attached hydrogens (tertiary/aromatic N) is 2. The first kappa shape index (κ1) is 57.3. The number of pyridine rings is 2. The Balaban J connectivity index is 0.00000112. The zero-order valence-corrected chi connectivity index (χ0v) is 40.4. The maximum absolute atomic E-state index is 6.11. The van der Waals surface area contributed by atoms with Crippen LogP contribution < -0.4 is 53.2 Å². The molecule has 4 aromatic rings. The Bertz CT molecular complexity index is 1540. The van der Waals surface area contributed by atoms with E-state index in [0.717, 1.165) is 134 Å². The van der Waals surface area contributed by atoms with Crippen LogP contribution in [-0.2, 0) is 20.4 Å².